The Hall–Kier alpha value is -5.78. The van der Waals surface area contributed by atoms with Gasteiger partial charge in [0.05, 0.1) is 0 Å². The molecule has 4 aromatic rings. The summed E-state index contributed by atoms with van der Waals surface area (Å²) in [6.45, 7) is 3.21. The quantitative estimate of drug-likeness (QED) is 0.255. The van der Waals surface area contributed by atoms with Gasteiger partial charge in [0.25, 0.3) is 0 Å². The van der Waals surface area contributed by atoms with Crippen molar-refractivity contribution in [2.24, 2.45) is 0 Å². The van der Waals surface area contributed by atoms with Crippen molar-refractivity contribution in [3.63, 3.8) is 0 Å². The Morgan fingerprint density at radius 3 is 1.60 bits per heavy atom. The molecule has 2 amide bonds. The Kier molecular flexibility index (Phi) is 8.46. The largest absolute Gasteiger partial charge is 0.454 e. The van der Waals surface area contributed by atoms with Gasteiger partial charge in [-0.25, -0.2) is 0 Å². The fraction of sp³-hybridized carbons (Fsp3) is 0.257. The summed E-state index contributed by atoms with van der Waals surface area (Å²) < 4.78 is 43.1. The molecule has 0 aliphatic carbocycles. The first-order valence-electron chi connectivity index (χ1n) is 15.2. The normalized spacial score (nSPS) is 14.0. The molecule has 4 heterocycles. The van der Waals surface area contributed by atoms with Crippen LogP contribution < -0.4 is 48.5 Å². The SMILES string of the molecule is CCC(=O)NCc1ccc2c(c1)OCO2.O=C(CC(c1ccc2c(c1)OCO2)c1ccc2c(c1)OCO2)Nc1ccc2c(c1)OCO2. The summed E-state index contributed by atoms with van der Waals surface area (Å²) in [4.78, 5) is 24.1. The fourth-order valence-electron chi connectivity index (χ4n) is 5.44. The van der Waals surface area contributed by atoms with Gasteiger partial charge in [-0.3, -0.25) is 9.59 Å². The van der Waals surface area contributed by atoms with E-state index in [1.54, 1.807) is 18.2 Å². The molecule has 0 unspecified atom stereocenters. The van der Waals surface area contributed by atoms with Crippen LogP contribution in [0, 0.1) is 0 Å². The van der Waals surface area contributed by atoms with Crippen LogP contribution in [-0.4, -0.2) is 39.0 Å². The lowest BCUT2D eigenvalue weighted by Crippen LogP contribution is -2.21. The van der Waals surface area contributed by atoms with Crippen LogP contribution in [-0.2, 0) is 16.1 Å². The van der Waals surface area contributed by atoms with Crippen LogP contribution in [0.5, 0.6) is 46.0 Å². The predicted molar refractivity (Wildman–Crippen MR) is 167 cm³/mol. The highest BCUT2D eigenvalue weighted by Gasteiger charge is 2.25. The van der Waals surface area contributed by atoms with Crippen molar-refractivity contribution < 1.29 is 47.5 Å². The predicted octanol–water partition coefficient (Wildman–Crippen LogP) is 5.47. The van der Waals surface area contributed by atoms with Gasteiger partial charge in [0.1, 0.15) is 0 Å². The van der Waals surface area contributed by atoms with Gasteiger partial charge in [-0.15, -0.1) is 0 Å². The number of rotatable bonds is 8. The molecule has 0 aromatic heterocycles. The number of amides is 2. The highest BCUT2D eigenvalue weighted by Crippen LogP contribution is 2.41. The van der Waals surface area contributed by atoms with Crippen molar-refractivity contribution in [1.29, 1.82) is 0 Å². The Morgan fingerprint density at radius 2 is 1.04 bits per heavy atom. The average Bonchev–Trinajstić information content (AvgIpc) is 3.92. The monoisotopic (exact) mass is 640 g/mol. The van der Waals surface area contributed by atoms with Crippen molar-refractivity contribution in [3.8, 4) is 46.0 Å². The topological polar surface area (TPSA) is 132 Å². The van der Waals surface area contributed by atoms with E-state index in [0.29, 0.717) is 53.2 Å². The van der Waals surface area contributed by atoms with E-state index in [1.165, 1.54) is 0 Å². The Morgan fingerprint density at radius 1 is 0.574 bits per heavy atom. The standard InChI is InChI=1S/C24H19NO7.C11H13NO3/c26-24(25-16-3-6-20-23(9-16)32-13-29-20)10-17(14-1-4-18-21(7-14)30-11-27-18)15-2-5-19-22(8-15)31-12-28-19;1-2-11(13)12-6-8-3-4-9-10(5-8)15-7-14-9/h1-9,17H,10-13H2,(H,25,26);3-5H,2,6-7H2,1H3,(H,12,13). The van der Waals surface area contributed by atoms with Crippen LogP contribution in [0.3, 0.4) is 0 Å². The van der Waals surface area contributed by atoms with Gasteiger partial charge < -0.3 is 48.5 Å². The summed E-state index contributed by atoms with van der Waals surface area (Å²) in [6.07, 6.45) is 0.721. The maximum Gasteiger partial charge on any atom is 0.231 e. The molecule has 4 aliphatic heterocycles. The number of ether oxygens (including phenoxy) is 8. The molecule has 0 atom stereocenters. The van der Waals surface area contributed by atoms with Crippen LogP contribution in [0.25, 0.3) is 0 Å². The second-order valence-corrected chi connectivity index (χ2v) is 10.9. The number of carbonyl (C=O) groups excluding carboxylic acids is 2. The van der Waals surface area contributed by atoms with Crippen LogP contribution in [0.1, 0.15) is 42.4 Å². The van der Waals surface area contributed by atoms with E-state index in [9.17, 15) is 9.59 Å². The van der Waals surface area contributed by atoms with Crippen molar-refractivity contribution in [1.82, 2.24) is 5.32 Å². The van der Waals surface area contributed by atoms with Crippen molar-refractivity contribution >= 4 is 17.5 Å². The molecule has 0 spiro atoms. The molecule has 0 radical (unpaired) electrons. The van der Waals surface area contributed by atoms with Crippen LogP contribution in [0.2, 0.25) is 0 Å². The minimum atomic E-state index is -0.229. The summed E-state index contributed by atoms with van der Waals surface area (Å²) in [6, 6.07) is 22.5. The van der Waals surface area contributed by atoms with E-state index in [4.69, 9.17) is 37.9 Å². The van der Waals surface area contributed by atoms with E-state index >= 15 is 0 Å². The first-order valence-corrected chi connectivity index (χ1v) is 15.2. The number of nitrogens with one attached hydrogen (secondary N) is 2. The number of fused-ring (bicyclic) bond motifs is 4. The maximum atomic E-state index is 13.0. The molecule has 4 aromatic carbocycles. The Balaban J connectivity index is 0.000000197. The van der Waals surface area contributed by atoms with Gasteiger partial charge in [-0.1, -0.05) is 25.1 Å². The van der Waals surface area contributed by atoms with Gasteiger partial charge in [0, 0.05) is 37.1 Å². The van der Waals surface area contributed by atoms with Crippen molar-refractivity contribution in [2.75, 3.05) is 32.5 Å². The second-order valence-electron chi connectivity index (χ2n) is 10.9. The first-order chi connectivity index (χ1) is 23.0. The lowest BCUT2D eigenvalue weighted by atomic mass is 9.87. The lowest BCUT2D eigenvalue weighted by molar-refractivity contribution is -0.121. The summed E-state index contributed by atoms with van der Waals surface area (Å²) in [7, 11) is 0. The molecule has 0 fully saturated rings. The van der Waals surface area contributed by atoms with Crippen molar-refractivity contribution in [3.05, 3.63) is 89.5 Å². The van der Waals surface area contributed by atoms with Gasteiger partial charge in [-0.05, 0) is 65.2 Å². The zero-order valence-electron chi connectivity index (χ0n) is 25.5. The highest BCUT2D eigenvalue weighted by atomic mass is 16.7. The second kappa shape index (κ2) is 13.3. The highest BCUT2D eigenvalue weighted by molar-refractivity contribution is 5.92. The van der Waals surface area contributed by atoms with Gasteiger partial charge in [0.15, 0.2) is 46.0 Å². The zero-order chi connectivity index (χ0) is 32.2. The fourth-order valence-corrected chi connectivity index (χ4v) is 5.44. The molecule has 0 saturated heterocycles. The van der Waals surface area contributed by atoms with E-state index in [1.807, 2.05) is 61.5 Å². The Labute approximate surface area is 270 Å². The van der Waals surface area contributed by atoms with Gasteiger partial charge in [0.2, 0.25) is 39.0 Å². The molecule has 12 nitrogen and oxygen atoms in total. The smallest absolute Gasteiger partial charge is 0.231 e. The third-order valence-electron chi connectivity index (χ3n) is 7.89. The molecule has 12 heteroatoms. The van der Waals surface area contributed by atoms with Crippen molar-refractivity contribution in [2.45, 2.75) is 32.2 Å². The molecule has 47 heavy (non-hydrogen) atoms. The molecule has 242 valence electrons. The van der Waals surface area contributed by atoms with E-state index in [2.05, 4.69) is 10.6 Å². The van der Waals surface area contributed by atoms with Gasteiger partial charge >= 0.3 is 0 Å². The molecule has 8 rings (SSSR count). The summed E-state index contributed by atoms with van der Waals surface area (Å²) in [5.41, 5.74) is 3.54. The number of hydrogen-bond acceptors (Lipinski definition) is 10. The molecule has 0 bridgehead atoms. The van der Waals surface area contributed by atoms with Crippen LogP contribution >= 0.6 is 0 Å². The summed E-state index contributed by atoms with van der Waals surface area (Å²) in [5.74, 6) is 5.22. The summed E-state index contributed by atoms with van der Waals surface area (Å²) >= 11 is 0. The average molecular weight is 641 g/mol. The number of anilines is 1. The maximum absolute atomic E-state index is 13.0. The zero-order valence-corrected chi connectivity index (χ0v) is 25.5. The van der Waals surface area contributed by atoms with Crippen LogP contribution in [0.15, 0.2) is 72.8 Å². The van der Waals surface area contributed by atoms with Gasteiger partial charge in [-0.2, -0.15) is 0 Å². The number of benzene rings is 4. The molecule has 2 N–H and O–H groups in total. The van der Waals surface area contributed by atoms with E-state index < -0.39 is 0 Å². The molecule has 0 saturated carbocycles. The minimum Gasteiger partial charge on any atom is -0.454 e. The third kappa shape index (κ3) is 6.76. The number of carbonyl (C=O) groups is 2. The van der Waals surface area contributed by atoms with E-state index in [-0.39, 0.29) is 51.3 Å². The summed E-state index contributed by atoms with van der Waals surface area (Å²) in [5, 5.41) is 5.76. The van der Waals surface area contributed by atoms with Crippen LogP contribution in [0.4, 0.5) is 5.69 Å². The Bertz CT molecular complexity index is 1750. The first kappa shape index (κ1) is 29.9. The molecular formula is C35H32N2O10. The minimum absolute atomic E-state index is 0.0488. The number of hydrogen-bond donors (Lipinski definition) is 2. The molecular weight excluding hydrogens is 608 g/mol. The molecule has 4 aliphatic rings. The van der Waals surface area contributed by atoms with E-state index in [0.717, 1.165) is 28.2 Å². The lowest BCUT2D eigenvalue weighted by Gasteiger charge is -2.19. The third-order valence-corrected chi connectivity index (χ3v) is 7.89.